The normalized spacial score (nSPS) is 16.9. The smallest absolute Gasteiger partial charge is 0.170 e. The molecule has 3 nitrogen and oxygen atoms in total. The van der Waals surface area contributed by atoms with E-state index in [1.165, 1.54) is 12.8 Å². The van der Waals surface area contributed by atoms with Crippen molar-refractivity contribution in [2.75, 3.05) is 25.0 Å². The predicted molar refractivity (Wildman–Crippen MR) is 76.8 cm³/mol. The molecule has 1 fully saturated rings. The second kappa shape index (κ2) is 6.85. The van der Waals surface area contributed by atoms with E-state index in [1.54, 1.807) is 12.3 Å². The van der Waals surface area contributed by atoms with Gasteiger partial charge in [0, 0.05) is 31.4 Å². The lowest BCUT2D eigenvalue weighted by Crippen LogP contribution is -2.35. The number of nitrogens with one attached hydrogen (secondary N) is 1. The fourth-order valence-corrected chi connectivity index (χ4v) is 2.86. The molecule has 1 aliphatic rings. The first-order valence-corrected chi connectivity index (χ1v) is 7.29. The van der Waals surface area contributed by atoms with Crippen LogP contribution < -0.4 is 10.2 Å². The lowest BCUT2D eigenvalue weighted by molar-refractivity contribution is 0.375. The minimum absolute atomic E-state index is 0.161. The molecule has 19 heavy (non-hydrogen) atoms. The van der Waals surface area contributed by atoms with Gasteiger partial charge in [0.15, 0.2) is 11.6 Å². The molecule has 0 aromatic carbocycles. The summed E-state index contributed by atoms with van der Waals surface area (Å²) in [5.74, 6) is 1.18. The summed E-state index contributed by atoms with van der Waals surface area (Å²) in [6.45, 7) is 4.64. The minimum Gasteiger partial charge on any atom is -0.354 e. The van der Waals surface area contributed by atoms with Gasteiger partial charge in [0.25, 0.3) is 0 Å². The Hall–Kier alpha value is -1.16. The van der Waals surface area contributed by atoms with Crippen LogP contribution in [0.5, 0.6) is 0 Å². The largest absolute Gasteiger partial charge is 0.354 e. The van der Waals surface area contributed by atoms with Crippen molar-refractivity contribution in [3.05, 3.63) is 23.6 Å². The van der Waals surface area contributed by atoms with E-state index in [0.29, 0.717) is 17.9 Å². The third kappa shape index (κ3) is 3.44. The van der Waals surface area contributed by atoms with Crippen molar-refractivity contribution >= 4 is 5.82 Å². The molecular weight excluding hydrogens is 241 g/mol. The highest BCUT2D eigenvalue weighted by Gasteiger charge is 2.22. The Kier molecular flexibility index (Phi) is 5.14. The summed E-state index contributed by atoms with van der Waals surface area (Å²) in [5, 5.41) is 2.99. The Bertz CT molecular complexity index is 400. The molecule has 0 atom stereocenters. The molecule has 4 heteroatoms. The van der Waals surface area contributed by atoms with Gasteiger partial charge >= 0.3 is 0 Å². The lowest BCUT2D eigenvalue weighted by atomic mass is 9.92. The predicted octanol–water partition coefficient (Wildman–Crippen LogP) is 2.96. The second-order valence-corrected chi connectivity index (χ2v) is 5.36. The number of rotatable bonds is 5. The molecule has 0 bridgehead atoms. The van der Waals surface area contributed by atoms with Crippen LogP contribution in [-0.2, 0) is 6.54 Å². The molecule has 0 saturated carbocycles. The summed E-state index contributed by atoms with van der Waals surface area (Å²) in [7, 11) is 1.83. The number of hydrogen-bond acceptors (Lipinski definition) is 3. The zero-order chi connectivity index (χ0) is 13.7. The first-order valence-electron chi connectivity index (χ1n) is 7.29. The van der Waals surface area contributed by atoms with Gasteiger partial charge in [-0.1, -0.05) is 19.8 Å². The molecule has 0 spiro atoms. The van der Waals surface area contributed by atoms with Crippen LogP contribution in [0.2, 0.25) is 0 Å². The van der Waals surface area contributed by atoms with Crippen molar-refractivity contribution in [2.24, 2.45) is 5.92 Å². The van der Waals surface area contributed by atoms with Crippen molar-refractivity contribution in [3.63, 3.8) is 0 Å². The Balaban J connectivity index is 2.05. The Morgan fingerprint density at radius 1 is 1.42 bits per heavy atom. The van der Waals surface area contributed by atoms with E-state index in [1.807, 2.05) is 7.05 Å². The Labute approximate surface area is 115 Å². The first-order chi connectivity index (χ1) is 9.26. The summed E-state index contributed by atoms with van der Waals surface area (Å²) in [6.07, 6.45) is 6.57. The molecule has 1 aromatic rings. The highest BCUT2D eigenvalue weighted by molar-refractivity contribution is 5.43. The SMILES string of the molecule is CCCC1CCN(c2nccc(CNC)c2F)CC1. The van der Waals surface area contributed by atoms with Gasteiger partial charge in [-0.3, -0.25) is 0 Å². The maximum absolute atomic E-state index is 14.3. The van der Waals surface area contributed by atoms with Crippen molar-refractivity contribution < 1.29 is 4.39 Å². The van der Waals surface area contributed by atoms with Gasteiger partial charge in [0.1, 0.15) is 0 Å². The van der Waals surface area contributed by atoms with Gasteiger partial charge in [-0.25, -0.2) is 9.37 Å². The van der Waals surface area contributed by atoms with E-state index < -0.39 is 0 Å². The van der Waals surface area contributed by atoms with E-state index in [0.717, 1.165) is 31.8 Å². The zero-order valence-corrected chi connectivity index (χ0v) is 12.0. The minimum atomic E-state index is -0.161. The number of pyridine rings is 1. The molecule has 1 aliphatic heterocycles. The summed E-state index contributed by atoms with van der Waals surface area (Å²) in [5.41, 5.74) is 0.697. The quantitative estimate of drug-likeness (QED) is 0.887. The summed E-state index contributed by atoms with van der Waals surface area (Å²) < 4.78 is 14.3. The Morgan fingerprint density at radius 3 is 2.79 bits per heavy atom. The van der Waals surface area contributed by atoms with Crippen LogP contribution in [0.4, 0.5) is 10.2 Å². The number of halogens is 1. The molecule has 1 saturated heterocycles. The van der Waals surface area contributed by atoms with Gasteiger partial charge in [-0.15, -0.1) is 0 Å². The number of anilines is 1. The molecule has 0 unspecified atom stereocenters. The molecule has 0 aliphatic carbocycles. The molecule has 1 aromatic heterocycles. The summed E-state index contributed by atoms with van der Waals surface area (Å²) >= 11 is 0. The van der Waals surface area contributed by atoms with Crippen LogP contribution in [0.25, 0.3) is 0 Å². The molecular formula is C15H24FN3. The van der Waals surface area contributed by atoms with Crippen LogP contribution in [0, 0.1) is 11.7 Å². The first kappa shape index (κ1) is 14.3. The molecule has 2 heterocycles. The zero-order valence-electron chi connectivity index (χ0n) is 12.0. The van der Waals surface area contributed by atoms with Gasteiger partial charge in [0.05, 0.1) is 0 Å². The molecule has 0 amide bonds. The summed E-state index contributed by atoms with van der Waals surface area (Å²) in [4.78, 5) is 6.34. The fraction of sp³-hybridized carbons (Fsp3) is 0.667. The van der Waals surface area contributed by atoms with Crippen LogP contribution in [0.1, 0.15) is 38.2 Å². The summed E-state index contributed by atoms with van der Waals surface area (Å²) in [6, 6.07) is 1.75. The van der Waals surface area contributed by atoms with E-state index in [2.05, 4.69) is 22.1 Å². The Morgan fingerprint density at radius 2 is 2.16 bits per heavy atom. The fourth-order valence-electron chi connectivity index (χ4n) is 2.86. The maximum atomic E-state index is 14.3. The van der Waals surface area contributed by atoms with E-state index in [9.17, 15) is 4.39 Å². The van der Waals surface area contributed by atoms with Gasteiger partial charge in [-0.05, 0) is 31.9 Å². The van der Waals surface area contributed by atoms with Crippen molar-refractivity contribution in [3.8, 4) is 0 Å². The third-order valence-corrected chi connectivity index (χ3v) is 3.93. The average Bonchev–Trinajstić information content (AvgIpc) is 2.43. The maximum Gasteiger partial charge on any atom is 0.170 e. The topological polar surface area (TPSA) is 28.2 Å². The van der Waals surface area contributed by atoms with Crippen LogP contribution >= 0.6 is 0 Å². The second-order valence-electron chi connectivity index (χ2n) is 5.36. The van der Waals surface area contributed by atoms with E-state index in [-0.39, 0.29) is 5.82 Å². The molecule has 0 radical (unpaired) electrons. The molecule has 106 valence electrons. The monoisotopic (exact) mass is 265 g/mol. The average molecular weight is 265 g/mol. The van der Waals surface area contributed by atoms with Gasteiger partial charge in [-0.2, -0.15) is 0 Å². The van der Waals surface area contributed by atoms with Gasteiger partial charge in [0.2, 0.25) is 0 Å². The van der Waals surface area contributed by atoms with E-state index in [4.69, 9.17) is 0 Å². The number of aromatic nitrogens is 1. The van der Waals surface area contributed by atoms with Crippen molar-refractivity contribution in [1.82, 2.24) is 10.3 Å². The molecule has 2 rings (SSSR count). The standard InChI is InChI=1S/C15H24FN3/c1-3-4-12-6-9-19(10-7-12)15-14(16)13(11-17-2)5-8-18-15/h5,8,12,17H,3-4,6-7,9-11H2,1-2H3. The van der Waals surface area contributed by atoms with Gasteiger partial charge < -0.3 is 10.2 Å². The van der Waals surface area contributed by atoms with Crippen LogP contribution in [0.3, 0.4) is 0 Å². The molecule has 1 N–H and O–H groups in total. The van der Waals surface area contributed by atoms with E-state index >= 15 is 0 Å². The number of nitrogens with zero attached hydrogens (tertiary/aromatic N) is 2. The lowest BCUT2D eigenvalue weighted by Gasteiger charge is -2.33. The third-order valence-electron chi connectivity index (χ3n) is 3.93. The van der Waals surface area contributed by atoms with Crippen molar-refractivity contribution in [1.29, 1.82) is 0 Å². The van der Waals surface area contributed by atoms with Crippen LogP contribution in [-0.4, -0.2) is 25.1 Å². The number of piperidine rings is 1. The number of hydrogen-bond donors (Lipinski definition) is 1. The van der Waals surface area contributed by atoms with Crippen molar-refractivity contribution in [2.45, 2.75) is 39.2 Å². The highest BCUT2D eigenvalue weighted by Crippen LogP contribution is 2.27. The van der Waals surface area contributed by atoms with Crippen LogP contribution in [0.15, 0.2) is 12.3 Å². The highest BCUT2D eigenvalue weighted by atomic mass is 19.1.